The standard InChI is InChI=1S/C22H19ClF3N5O2/c1-33-13-8-9-16(27-10-13)19-28-29-20-17-7-2-4-12(11-30(19)20)31(17)21(32)14-5-3-6-15(18(14)23)22(24,25)26/h3,5-6,8-10,12,17H,2,4,7,11H2,1H3/t12-,17+/m0/s1. The summed E-state index contributed by atoms with van der Waals surface area (Å²) in [6.07, 6.45) is -0.838. The molecule has 2 aromatic heterocycles. The van der Waals surface area contributed by atoms with Gasteiger partial charge >= 0.3 is 6.18 Å². The van der Waals surface area contributed by atoms with Gasteiger partial charge in [-0.05, 0) is 43.5 Å². The minimum Gasteiger partial charge on any atom is -0.495 e. The van der Waals surface area contributed by atoms with Gasteiger partial charge in [0.25, 0.3) is 5.91 Å². The van der Waals surface area contributed by atoms with Crippen molar-refractivity contribution in [3.05, 3.63) is 58.5 Å². The minimum atomic E-state index is -4.65. The number of rotatable bonds is 3. The maximum Gasteiger partial charge on any atom is 0.417 e. The number of fused-ring (bicyclic) bond motifs is 4. The lowest BCUT2D eigenvalue weighted by Gasteiger charge is -2.45. The summed E-state index contributed by atoms with van der Waals surface area (Å²) in [6.45, 7) is 0.421. The van der Waals surface area contributed by atoms with Gasteiger partial charge in [0.05, 0.1) is 41.5 Å². The number of nitrogens with zero attached hydrogens (tertiary/aromatic N) is 5. The van der Waals surface area contributed by atoms with Gasteiger partial charge in [0.1, 0.15) is 11.4 Å². The number of hydrogen-bond acceptors (Lipinski definition) is 5. The predicted octanol–water partition coefficient (Wildman–Crippen LogP) is 4.77. The molecule has 0 N–H and O–H groups in total. The molecule has 2 aliphatic rings. The van der Waals surface area contributed by atoms with Crippen molar-refractivity contribution in [1.82, 2.24) is 24.6 Å². The molecule has 7 nitrogen and oxygen atoms in total. The molecular weight excluding hydrogens is 459 g/mol. The Morgan fingerprint density at radius 3 is 2.70 bits per heavy atom. The zero-order chi connectivity index (χ0) is 23.3. The number of benzene rings is 1. The van der Waals surface area contributed by atoms with Crippen LogP contribution in [0.4, 0.5) is 13.2 Å². The lowest BCUT2D eigenvalue weighted by Crippen LogP contribution is -2.52. The second-order valence-corrected chi connectivity index (χ2v) is 8.43. The quantitative estimate of drug-likeness (QED) is 0.543. The summed E-state index contributed by atoms with van der Waals surface area (Å²) in [7, 11) is 1.55. The number of alkyl halides is 3. The van der Waals surface area contributed by atoms with E-state index in [4.69, 9.17) is 16.3 Å². The number of carbonyl (C=O) groups is 1. The highest BCUT2D eigenvalue weighted by atomic mass is 35.5. The molecular formula is C22H19ClF3N5O2. The summed E-state index contributed by atoms with van der Waals surface area (Å²) < 4.78 is 47.1. The average molecular weight is 478 g/mol. The molecule has 2 atom stereocenters. The van der Waals surface area contributed by atoms with Crippen molar-refractivity contribution < 1.29 is 22.7 Å². The van der Waals surface area contributed by atoms with Crippen LogP contribution in [-0.2, 0) is 12.7 Å². The number of pyridine rings is 1. The van der Waals surface area contributed by atoms with E-state index >= 15 is 0 Å². The summed E-state index contributed by atoms with van der Waals surface area (Å²) in [5.41, 5.74) is -0.560. The summed E-state index contributed by atoms with van der Waals surface area (Å²) in [6, 6.07) is 6.35. The smallest absolute Gasteiger partial charge is 0.417 e. The molecule has 5 rings (SSSR count). The van der Waals surface area contributed by atoms with Crippen LogP contribution in [-0.4, -0.2) is 43.7 Å². The number of ether oxygens (including phenoxy) is 1. The number of halogens is 4. The van der Waals surface area contributed by atoms with E-state index in [1.54, 1.807) is 30.3 Å². The fraction of sp³-hybridized carbons (Fsp3) is 0.364. The second-order valence-electron chi connectivity index (χ2n) is 8.05. The first-order chi connectivity index (χ1) is 15.8. The third-order valence-electron chi connectivity index (χ3n) is 6.19. The van der Waals surface area contributed by atoms with Crippen molar-refractivity contribution in [3.8, 4) is 17.3 Å². The van der Waals surface area contributed by atoms with Gasteiger partial charge in [0, 0.05) is 6.54 Å². The highest BCUT2D eigenvalue weighted by Gasteiger charge is 2.44. The Morgan fingerprint density at radius 1 is 1.18 bits per heavy atom. The van der Waals surface area contributed by atoms with Crippen LogP contribution in [0.3, 0.4) is 0 Å². The molecule has 0 radical (unpaired) electrons. The van der Waals surface area contributed by atoms with E-state index in [1.165, 1.54) is 12.1 Å². The van der Waals surface area contributed by atoms with Crippen molar-refractivity contribution in [2.45, 2.75) is 44.1 Å². The van der Waals surface area contributed by atoms with E-state index in [2.05, 4.69) is 15.2 Å². The molecule has 0 unspecified atom stereocenters. The van der Waals surface area contributed by atoms with Crippen LogP contribution >= 0.6 is 11.6 Å². The Hall–Kier alpha value is -3.14. The van der Waals surface area contributed by atoms with Crippen LogP contribution in [0.5, 0.6) is 5.75 Å². The molecule has 0 saturated carbocycles. The highest BCUT2D eigenvalue weighted by molar-refractivity contribution is 6.34. The predicted molar refractivity (Wildman–Crippen MR) is 113 cm³/mol. The molecule has 3 aromatic rings. The zero-order valence-corrected chi connectivity index (χ0v) is 18.3. The third kappa shape index (κ3) is 3.62. The van der Waals surface area contributed by atoms with E-state index in [0.717, 1.165) is 12.5 Å². The topological polar surface area (TPSA) is 73.1 Å². The summed E-state index contributed by atoms with van der Waals surface area (Å²) in [4.78, 5) is 19.5. The third-order valence-corrected chi connectivity index (χ3v) is 6.59. The number of amides is 1. The van der Waals surface area contributed by atoms with E-state index in [9.17, 15) is 18.0 Å². The normalized spacial score (nSPS) is 19.8. The molecule has 33 heavy (non-hydrogen) atoms. The summed E-state index contributed by atoms with van der Waals surface area (Å²) in [5, 5.41) is 8.07. The Bertz CT molecular complexity index is 1210. The fourth-order valence-electron chi connectivity index (χ4n) is 4.65. The van der Waals surface area contributed by atoms with Crippen LogP contribution < -0.4 is 4.74 Å². The van der Waals surface area contributed by atoms with Gasteiger partial charge in [-0.25, -0.2) is 4.98 Å². The molecule has 0 spiro atoms. The molecule has 4 heterocycles. The van der Waals surface area contributed by atoms with Crippen molar-refractivity contribution in [3.63, 3.8) is 0 Å². The fourth-order valence-corrected chi connectivity index (χ4v) is 4.96. The molecule has 11 heteroatoms. The molecule has 172 valence electrons. The summed E-state index contributed by atoms with van der Waals surface area (Å²) in [5.74, 6) is 1.26. The molecule has 2 aliphatic heterocycles. The number of aromatic nitrogens is 4. The highest BCUT2D eigenvalue weighted by Crippen LogP contribution is 2.42. The van der Waals surface area contributed by atoms with Gasteiger partial charge in [0.2, 0.25) is 0 Å². The summed E-state index contributed by atoms with van der Waals surface area (Å²) >= 11 is 6.05. The second kappa shape index (κ2) is 8.02. The van der Waals surface area contributed by atoms with Crippen LogP contribution in [0, 0.1) is 0 Å². The minimum absolute atomic E-state index is 0.159. The lowest BCUT2D eigenvalue weighted by molar-refractivity contribution is -0.137. The first-order valence-electron chi connectivity index (χ1n) is 10.4. The molecule has 1 fully saturated rings. The van der Waals surface area contributed by atoms with E-state index in [1.807, 2.05) is 4.57 Å². The first-order valence-corrected chi connectivity index (χ1v) is 10.8. The largest absolute Gasteiger partial charge is 0.495 e. The molecule has 1 aromatic carbocycles. The maximum atomic E-state index is 13.5. The van der Waals surface area contributed by atoms with Crippen molar-refractivity contribution in [2.24, 2.45) is 0 Å². The van der Waals surface area contributed by atoms with Crippen molar-refractivity contribution in [1.29, 1.82) is 0 Å². The monoisotopic (exact) mass is 477 g/mol. The van der Waals surface area contributed by atoms with Gasteiger partial charge in [-0.3, -0.25) is 4.79 Å². The number of piperidine rings is 1. The number of hydrogen-bond donors (Lipinski definition) is 0. The van der Waals surface area contributed by atoms with Gasteiger partial charge in [0.15, 0.2) is 11.6 Å². The van der Waals surface area contributed by atoms with Crippen LogP contribution in [0.25, 0.3) is 11.5 Å². The number of methoxy groups -OCH3 is 1. The Kier molecular flexibility index (Phi) is 5.27. The Morgan fingerprint density at radius 2 is 2.00 bits per heavy atom. The van der Waals surface area contributed by atoms with Crippen LogP contribution in [0.2, 0.25) is 5.02 Å². The maximum absolute atomic E-state index is 13.5. The van der Waals surface area contributed by atoms with Gasteiger partial charge in [-0.2, -0.15) is 13.2 Å². The average Bonchev–Trinajstić information content (AvgIpc) is 3.21. The van der Waals surface area contributed by atoms with Crippen molar-refractivity contribution in [2.75, 3.05) is 7.11 Å². The van der Waals surface area contributed by atoms with Crippen LogP contribution in [0.15, 0.2) is 36.5 Å². The van der Waals surface area contributed by atoms with Gasteiger partial charge < -0.3 is 14.2 Å². The van der Waals surface area contributed by atoms with Gasteiger partial charge in [-0.1, -0.05) is 17.7 Å². The Labute approximate surface area is 192 Å². The Balaban J connectivity index is 1.52. The van der Waals surface area contributed by atoms with E-state index in [-0.39, 0.29) is 11.6 Å². The molecule has 1 amide bonds. The van der Waals surface area contributed by atoms with E-state index < -0.39 is 28.7 Å². The number of carbonyl (C=O) groups excluding carboxylic acids is 1. The lowest BCUT2D eigenvalue weighted by atomic mass is 9.90. The molecule has 0 aliphatic carbocycles. The SMILES string of the molecule is COc1ccc(-c2nnc3n2C[C@@H]2CCC[C@H]3N2C(=O)c2cccc(C(F)(F)F)c2Cl)nc1. The molecule has 1 saturated heterocycles. The molecule has 2 bridgehead atoms. The van der Waals surface area contributed by atoms with Gasteiger partial charge in [-0.15, -0.1) is 10.2 Å². The zero-order valence-electron chi connectivity index (χ0n) is 17.5. The van der Waals surface area contributed by atoms with Crippen LogP contribution in [0.1, 0.15) is 47.1 Å². The first kappa shape index (κ1) is 21.7. The van der Waals surface area contributed by atoms with Crippen molar-refractivity contribution >= 4 is 17.5 Å². The van der Waals surface area contributed by atoms with E-state index in [0.29, 0.717) is 42.5 Å².